The maximum atomic E-state index is 11.6. The average molecular weight is 374 g/mol. The summed E-state index contributed by atoms with van der Waals surface area (Å²) in [6, 6.07) is 22.1. The SMILES string of the molecule is O=Cc1cc([N+](=O)[O-])ccc1N1Cc2ccccc2O[C@@H](c2ccccc2)C1. The van der Waals surface area contributed by atoms with Crippen molar-refractivity contribution >= 4 is 17.7 Å². The Balaban J connectivity index is 1.78. The number of nitrogens with zero attached hydrogens (tertiary/aromatic N) is 2. The predicted octanol–water partition coefficient (Wildman–Crippen LogP) is 4.55. The van der Waals surface area contributed by atoms with E-state index in [2.05, 4.69) is 0 Å². The van der Waals surface area contributed by atoms with Crippen molar-refractivity contribution in [3.8, 4) is 5.75 Å². The van der Waals surface area contributed by atoms with Crippen molar-refractivity contribution in [1.82, 2.24) is 0 Å². The number of para-hydroxylation sites is 1. The molecule has 1 atom stereocenters. The normalized spacial score (nSPS) is 15.9. The molecule has 0 aromatic heterocycles. The van der Waals surface area contributed by atoms with E-state index < -0.39 is 4.92 Å². The zero-order valence-corrected chi connectivity index (χ0v) is 15.0. The van der Waals surface area contributed by atoms with Crippen LogP contribution < -0.4 is 9.64 Å². The van der Waals surface area contributed by atoms with Gasteiger partial charge in [0.05, 0.1) is 11.5 Å². The minimum absolute atomic E-state index is 0.100. The molecule has 0 aliphatic carbocycles. The Morgan fingerprint density at radius 3 is 2.54 bits per heavy atom. The number of fused-ring (bicyclic) bond motifs is 1. The summed E-state index contributed by atoms with van der Waals surface area (Å²) in [5, 5.41) is 11.1. The van der Waals surface area contributed by atoms with Crippen LogP contribution in [0.15, 0.2) is 72.8 Å². The Morgan fingerprint density at radius 1 is 1.04 bits per heavy atom. The molecule has 0 saturated heterocycles. The highest BCUT2D eigenvalue weighted by atomic mass is 16.6. The molecule has 0 fully saturated rings. The van der Waals surface area contributed by atoms with Crippen LogP contribution in [0, 0.1) is 10.1 Å². The van der Waals surface area contributed by atoms with Gasteiger partial charge in [0.15, 0.2) is 6.29 Å². The molecule has 1 aliphatic heterocycles. The van der Waals surface area contributed by atoms with Gasteiger partial charge in [0.25, 0.3) is 5.69 Å². The highest BCUT2D eigenvalue weighted by molar-refractivity contribution is 5.86. The average Bonchev–Trinajstić information content (AvgIpc) is 2.93. The molecule has 1 aliphatic rings. The second-order valence-corrected chi connectivity index (χ2v) is 6.62. The number of benzene rings is 3. The van der Waals surface area contributed by atoms with Gasteiger partial charge >= 0.3 is 0 Å². The molecule has 4 rings (SSSR count). The monoisotopic (exact) mass is 374 g/mol. The largest absolute Gasteiger partial charge is 0.484 e. The lowest BCUT2D eigenvalue weighted by atomic mass is 10.1. The Hall–Kier alpha value is -3.67. The van der Waals surface area contributed by atoms with Crippen LogP contribution in [0.3, 0.4) is 0 Å². The number of ether oxygens (including phenoxy) is 1. The van der Waals surface area contributed by atoms with Crippen LogP contribution in [0.25, 0.3) is 0 Å². The van der Waals surface area contributed by atoms with E-state index in [-0.39, 0.29) is 11.8 Å². The predicted molar refractivity (Wildman–Crippen MR) is 106 cm³/mol. The molecule has 0 N–H and O–H groups in total. The zero-order valence-electron chi connectivity index (χ0n) is 15.0. The summed E-state index contributed by atoms with van der Waals surface area (Å²) in [6.45, 7) is 1.05. The van der Waals surface area contributed by atoms with Crippen LogP contribution >= 0.6 is 0 Å². The smallest absolute Gasteiger partial charge is 0.270 e. The summed E-state index contributed by atoms with van der Waals surface area (Å²) in [5.74, 6) is 0.799. The van der Waals surface area contributed by atoms with Crippen molar-refractivity contribution in [2.45, 2.75) is 12.6 Å². The summed E-state index contributed by atoms with van der Waals surface area (Å²) in [6.07, 6.45) is 0.428. The third-order valence-electron chi connectivity index (χ3n) is 4.85. The lowest BCUT2D eigenvalue weighted by Gasteiger charge is -2.27. The topological polar surface area (TPSA) is 72.7 Å². The number of rotatable bonds is 4. The molecule has 0 spiro atoms. The van der Waals surface area contributed by atoms with Gasteiger partial charge in [-0.3, -0.25) is 14.9 Å². The fraction of sp³-hybridized carbons (Fsp3) is 0.136. The zero-order chi connectivity index (χ0) is 19.5. The first kappa shape index (κ1) is 17.7. The summed E-state index contributed by atoms with van der Waals surface area (Å²) in [4.78, 5) is 24.3. The number of non-ortho nitro benzene ring substituents is 1. The van der Waals surface area contributed by atoms with Gasteiger partial charge in [0.2, 0.25) is 0 Å². The summed E-state index contributed by atoms with van der Waals surface area (Å²) in [7, 11) is 0. The van der Waals surface area contributed by atoms with Crippen molar-refractivity contribution < 1.29 is 14.5 Å². The van der Waals surface area contributed by atoms with Gasteiger partial charge in [-0.05, 0) is 17.7 Å². The summed E-state index contributed by atoms with van der Waals surface area (Å²) in [5.41, 5.74) is 2.87. The van der Waals surface area contributed by atoms with Gasteiger partial charge in [0, 0.05) is 35.5 Å². The number of carbonyl (C=O) groups excluding carboxylic acids is 1. The Kier molecular flexibility index (Phi) is 4.76. The first-order valence-electron chi connectivity index (χ1n) is 8.94. The summed E-state index contributed by atoms with van der Waals surface area (Å²) >= 11 is 0. The number of nitro benzene ring substituents is 1. The Labute approximate surface area is 162 Å². The van der Waals surface area contributed by atoms with Crippen molar-refractivity contribution in [1.29, 1.82) is 0 Å². The minimum Gasteiger partial charge on any atom is -0.484 e. The minimum atomic E-state index is -0.496. The fourth-order valence-electron chi connectivity index (χ4n) is 3.47. The van der Waals surface area contributed by atoms with Crippen molar-refractivity contribution in [2.24, 2.45) is 0 Å². The first-order chi connectivity index (χ1) is 13.7. The van der Waals surface area contributed by atoms with E-state index in [9.17, 15) is 14.9 Å². The van der Waals surface area contributed by atoms with Crippen LogP contribution in [-0.4, -0.2) is 17.8 Å². The quantitative estimate of drug-likeness (QED) is 0.381. The van der Waals surface area contributed by atoms with E-state index in [1.807, 2.05) is 59.5 Å². The van der Waals surface area contributed by atoms with Gasteiger partial charge in [-0.1, -0.05) is 48.5 Å². The van der Waals surface area contributed by atoms with Crippen LogP contribution in [0.2, 0.25) is 0 Å². The molecule has 0 amide bonds. The molecule has 140 valence electrons. The second kappa shape index (κ2) is 7.52. The van der Waals surface area contributed by atoms with E-state index >= 15 is 0 Å². The number of hydrogen-bond acceptors (Lipinski definition) is 5. The molecular formula is C22H18N2O4. The van der Waals surface area contributed by atoms with Crippen molar-refractivity contribution in [2.75, 3.05) is 11.4 Å². The maximum Gasteiger partial charge on any atom is 0.270 e. The van der Waals surface area contributed by atoms with Crippen LogP contribution in [0.5, 0.6) is 5.75 Å². The molecule has 0 bridgehead atoms. The van der Waals surface area contributed by atoms with Gasteiger partial charge in [-0.15, -0.1) is 0 Å². The fourth-order valence-corrected chi connectivity index (χ4v) is 3.47. The van der Waals surface area contributed by atoms with Crippen LogP contribution in [-0.2, 0) is 6.54 Å². The lowest BCUT2D eigenvalue weighted by molar-refractivity contribution is -0.384. The molecule has 28 heavy (non-hydrogen) atoms. The van der Waals surface area contributed by atoms with Gasteiger partial charge in [0.1, 0.15) is 11.9 Å². The molecular weight excluding hydrogens is 356 g/mol. The number of nitro groups is 1. The Bertz CT molecular complexity index is 1020. The molecule has 0 radical (unpaired) electrons. The van der Waals surface area contributed by atoms with E-state index in [4.69, 9.17) is 4.74 Å². The molecule has 0 unspecified atom stereocenters. The third-order valence-corrected chi connectivity index (χ3v) is 4.85. The van der Waals surface area contributed by atoms with Gasteiger partial charge in [-0.25, -0.2) is 0 Å². The first-order valence-corrected chi connectivity index (χ1v) is 8.94. The third kappa shape index (κ3) is 3.44. The highest BCUT2D eigenvalue weighted by Crippen LogP contribution is 2.35. The van der Waals surface area contributed by atoms with Crippen LogP contribution in [0.1, 0.15) is 27.6 Å². The van der Waals surface area contributed by atoms with E-state index in [1.54, 1.807) is 6.07 Å². The van der Waals surface area contributed by atoms with Crippen molar-refractivity contribution in [3.05, 3.63) is 99.6 Å². The maximum absolute atomic E-state index is 11.6. The molecule has 0 saturated carbocycles. The summed E-state index contributed by atoms with van der Waals surface area (Å²) < 4.78 is 6.29. The molecule has 6 heteroatoms. The second-order valence-electron chi connectivity index (χ2n) is 6.62. The molecule has 1 heterocycles. The van der Waals surface area contributed by atoms with Gasteiger partial charge in [-0.2, -0.15) is 0 Å². The number of aldehydes is 1. The highest BCUT2D eigenvalue weighted by Gasteiger charge is 2.26. The van der Waals surface area contributed by atoms with E-state index in [0.717, 1.165) is 16.9 Å². The molecule has 6 nitrogen and oxygen atoms in total. The Morgan fingerprint density at radius 2 is 1.79 bits per heavy atom. The molecule has 3 aromatic carbocycles. The lowest BCUT2D eigenvalue weighted by Crippen LogP contribution is -2.28. The van der Waals surface area contributed by atoms with E-state index in [1.165, 1.54) is 12.1 Å². The van der Waals surface area contributed by atoms with Crippen LogP contribution in [0.4, 0.5) is 11.4 Å². The number of hydrogen-bond donors (Lipinski definition) is 0. The number of anilines is 1. The standard InChI is InChI=1S/C22H18N2O4/c25-15-18-12-19(24(26)27)10-11-20(18)23-13-17-8-4-5-9-21(17)28-22(14-23)16-6-2-1-3-7-16/h1-12,15,22H,13-14H2/t22-/m1/s1. The van der Waals surface area contributed by atoms with Crippen molar-refractivity contribution in [3.63, 3.8) is 0 Å². The van der Waals surface area contributed by atoms with Gasteiger partial charge < -0.3 is 9.64 Å². The van der Waals surface area contributed by atoms with E-state index in [0.29, 0.717) is 30.6 Å². The number of carbonyl (C=O) groups is 1. The molecule has 3 aromatic rings.